The lowest BCUT2D eigenvalue weighted by Gasteiger charge is -2.64. The fourth-order valence-electron chi connectivity index (χ4n) is 9.36. The number of hydrogen-bond acceptors (Lipinski definition) is 6. The van der Waals surface area contributed by atoms with E-state index in [9.17, 15) is 9.90 Å². The molecule has 1 aromatic rings. The SMILES string of the molecule is CO[C@@H](C)C12CC[C@@](C)(O)C[C@H]1CC[C@@H]1[C@@H]2CC[C@]2(C)[C@@H](C(=O)Cn3nnnc3C)CC[C@@H]12. The van der Waals surface area contributed by atoms with Gasteiger partial charge in [-0.3, -0.25) is 4.79 Å². The van der Waals surface area contributed by atoms with Crippen LogP contribution in [0.3, 0.4) is 0 Å². The summed E-state index contributed by atoms with van der Waals surface area (Å²) in [6.07, 6.45) is 9.90. The van der Waals surface area contributed by atoms with Crippen LogP contribution in [0.5, 0.6) is 0 Å². The molecule has 184 valence electrons. The van der Waals surface area contributed by atoms with E-state index >= 15 is 0 Å². The first-order valence-electron chi connectivity index (χ1n) is 13.1. The van der Waals surface area contributed by atoms with Crippen molar-refractivity contribution in [3.63, 3.8) is 0 Å². The minimum Gasteiger partial charge on any atom is -0.390 e. The number of ketones is 1. The number of rotatable bonds is 5. The third-order valence-corrected chi connectivity index (χ3v) is 11.0. The number of carbonyl (C=O) groups excluding carboxylic acids is 1. The van der Waals surface area contributed by atoms with Crippen LogP contribution in [-0.2, 0) is 16.1 Å². The average molecular weight is 459 g/mol. The van der Waals surface area contributed by atoms with Crippen LogP contribution in [-0.4, -0.2) is 49.9 Å². The van der Waals surface area contributed by atoms with Gasteiger partial charge in [-0.15, -0.1) is 5.10 Å². The summed E-state index contributed by atoms with van der Waals surface area (Å²) < 4.78 is 7.73. The van der Waals surface area contributed by atoms with Crippen molar-refractivity contribution in [1.29, 1.82) is 0 Å². The molecule has 0 bridgehead atoms. The van der Waals surface area contributed by atoms with Gasteiger partial charge in [-0.05, 0) is 118 Å². The summed E-state index contributed by atoms with van der Waals surface area (Å²) in [5, 5.41) is 22.6. The Balaban J connectivity index is 1.41. The Kier molecular flexibility index (Phi) is 5.75. The fourth-order valence-corrected chi connectivity index (χ4v) is 9.36. The molecule has 5 rings (SSSR count). The standard InChI is InChI=1S/C26H42N4O3/c1-16(33-5)26-13-12-24(3,32)14-18(26)6-7-19-20-8-9-22(25(20,4)11-10-21(19)26)23(31)15-30-17(2)27-28-29-30/h16,18-22,32H,6-15H2,1-5H3/t16-,18+,19-,20-,21-,22+,24+,25-,26?/m0/s1. The zero-order valence-electron chi connectivity index (χ0n) is 21.1. The minimum atomic E-state index is -0.545. The maximum atomic E-state index is 13.4. The largest absolute Gasteiger partial charge is 0.390 e. The van der Waals surface area contributed by atoms with Gasteiger partial charge in [-0.1, -0.05) is 6.92 Å². The van der Waals surface area contributed by atoms with Crippen molar-refractivity contribution in [1.82, 2.24) is 20.2 Å². The molecule has 1 unspecified atom stereocenters. The highest BCUT2D eigenvalue weighted by molar-refractivity contribution is 5.82. The molecule has 33 heavy (non-hydrogen) atoms. The molecule has 0 amide bonds. The number of fused-ring (bicyclic) bond motifs is 5. The molecule has 4 aliphatic rings. The first-order valence-corrected chi connectivity index (χ1v) is 13.1. The van der Waals surface area contributed by atoms with Gasteiger partial charge in [0.2, 0.25) is 0 Å². The highest BCUT2D eigenvalue weighted by Gasteiger charge is 2.64. The number of aromatic nitrogens is 4. The number of methoxy groups -OCH3 is 1. The zero-order valence-corrected chi connectivity index (χ0v) is 21.1. The van der Waals surface area contributed by atoms with Crippen molar-refractivity contribution >= 4 is 5.78 Å². The van der Waals surface area contributed by atoms with Crippen LogP contribution in [0.2, 0.25) is 0 Å². The van der Waals surface area contributed by atoms with E-state index in [4.69, 9.17) is 4.74 Å². The van der Waals surface area contributed by atoms with Crippen molar-refractivity contribution in [2.75, 3.05) is 7.11 Å². The number of hydrogen-bond donors (Lipinski definition) is 1. The Morgan fingerprint density at radius 3 is 2.64 bits per heavy atom. The van der Waals surface area contributed by atoms with E-state index < -0.39 is 5.60 Å². The summed E-state index contributed by atoms with van der Waals surface area (Å²) in [5.41, 5.74) is -0.311. The third-order valence-electron chi connectivity index (χ3n) is 11.0. The second-order valence-electron chi connectivity index (χ2n) is 12.4. The summed E-state index contributed by atoms with van der Waals surface area (Å²) in [4.78, 5) is 13.4. The number of carbonyl (C=O) groups is 1. The molecule has 4 aliphatic carbocycles. The van der Waals surface area contributed by atoms with E-state index in [0.29, 0.717) is 41.8 Å². The molecule has 1 N–H and O–H groups in total. The van der Waals surface area contributed by atoms with E-state index in [1.165, 1.54) is 19.3 Å². The molecule has 1 heterocycles. The summed E-state index contributed by atoms with van der Waals surface area (Å²) in [6, 6.07) is 0. The average Bonchev–Trinajstić information content (AvgIpc) is 3.34. The lowest BCUT2D eigenvalue weighted by Crippen LogP contribution is -2.60. The van der Waals surface area contributed by atoms with Crippen LogP contribution < -0.4 is 0 Å². The monoisotopic (exact) mass is 458 g/mol. The van der Waals surface area contributed by atoms with Gasteiger partial charge < -0.3 is 9.84 Å². The Morgan fingerprint density at radius 1 is 1.15 bits per heavy atom. The maximum absolute atomic E-state index is 13.4. The second kappa shape index (κ2) is 8.11. The molecule has 4 saturated carbocycles. The molecule has 9 atom stereocenters. The number of tetrazole rings is 1. The molecule has 0 aromatic carbocycles. The third kappa shape index (κ3) is 3.51. The molecular formula is C26H42N4O3. The summed E-state index contributed by atoms with van der Waals surface area (Å²) in [5.74, 6) is 3.54. The Bertz CT molecular complexity index is 900. The Hall–Kier alpha value is -1.34. The highest BCUT2D eigenvalue weighted by Crippen LogP contribution is 2.69. The number of ether oxygens (including phenoxy) is 1. The number of Topliss-reactive ketones (excluding diaryl/α,β-unsaturated/α-hetero) is 1. The molecule has 0 aliphatic heterocycles. The fraction of sp³-hybridized carbons (Fsp3) is 0.923. The lowest BCUT2D eigenvalue weighted by atomic mass is 9.42. The highest BCUT2D eigenvalue weighted by atomic mass is 16.5. The summed E-state index contributed by atoms with van der Waals surface area (Å²) in [6.45, 7) is 8.85. The molecule has 7 heteroatoms. The van der Waals surface area contributed by atoms with E-state index in [1.54, 1.807) is 4.68 Å². The number of nitrogens with zero attached hydrogens (tertiary/aromatic N) is 4. The van der Waals surface area contributed by atoms with Crippen molar-refractivity contribution in [3.05, 3.63) is 5.82 Å². The van der Waals surface area contributed by atoms with Crippen LogP contribution >= 0.6 is 0 Å². The van der Waals surface area contributed by atoms with Crippen LogP contribution in [0, 0.1) is 47.3 Å². The first kappa shape index (κ1) is 23.4. The van der Waals surface area contributed by atoms with E-state index in [1.807, 2.05) is 21.0 Å². The van der Waals surface area contributed by atoms with Crippen LogP contribution in [0.4, 0.5) is 0 Å². The van der Waals surface area contributed by atoms with Crippen LogP contribution in [0.25, 0.3) is 0 Å². The first-order chi connectivity index (χ1) is 15.6. The topological polar surface area (TPSA) is 90.1 Å². The zero-order chi connectivity index (χ0) is 23.6. The summed E-state index contributed by atoms with van der Waals surface area (Å²) in [7, 11) is 1.87. The van der Waals surface area contributed by atoms with Gasteiger partial charge >= 0.3 is 0 Å². The van der Waals surface area contributed by atoms with E-state index in [2.05, 4.69) is 29.4 Å². The Morgan fingerprint density at radius 2 is 1.94 bits per heavy atom. The number of aryl methyl sites for hydroxylation is 1. The number of aliphatic hydroxyl groups is 1. The van der Waals surface area contributed by atoms with Crippen LogP contribution in [0.15, 0.2) is 0 Å². The van der Waals surface area contributed by atoms with Gasteiger partial charge in [0.15, 0.2) is 5.78 Å². The molecule has 1 aromatic heterocycles. The van der Waals surface area contributed by atoms with Gasteiger partial charge in [-0.2, -0.15) is 0 Å². The van der Waals surface area contributed by atoms with Gasteiger partial charge in [-0.25, -0.2) is 4.68 Å². The smallest absolute Gasteiger partial charge is 0.158 e. The predicted octanol–water partition coefficient (Wildman–Crippen LogP) is 3.98. The molecule has 0 spiro atoms. The Labute approximate surface area is 198 Å². The quantitative estimate of drug-likeness (QED) is 0.718. The molecule has 7 nitrogen and oxygen atoms in total. The second-order valence-corrected chi connectivity index (χ2v) is 12.4. The predicted molar refractivity (Wildman–Crippen MR) is 124 cm³/mol. The van der Waals surface area contributed by atoms with E-state index in [0.717, 1.165) is 38.5 Å². The van der Waals surface area contributed by atoms with Crippen molar-refractivity contribution in [2.45, 2.75) is 104 Å². The normalized spacial score (nSPS) is 45.7. The lowest BCUT2D eigenvalue weighted by molar-refractivity contribution is -0.199. The minimum absolute atomic E-state index is 0.0741. The summed E-state index contributed by atoms with van der Waals surface area (Å²) >= 11 is 0. The molecular weight excluding hydrogens is 416 g/mol. The van der Waals surface area contributed by atoms with Gasteiger partial charge in [0, 0.05) is 18.4 Å². The van der Waals surface area contributed by atoms with E-state index in [-0.39, 0.29) is 22.9 Å². The van der Waals surface area contributed by atoms with Gasteiger partial charge in [0.1, 0.15) is 12.4 Å². The van der Waals surface area contributed by atoms with Crippen LogP contribution in [0.1, 0.15) is 84.4 Å². The van der Waals surface area contributed by atoms with Crippen molar-refractivity contribution < 1.29 is 14.6 Å². The van der Waals surface area contributed by atoms with Gasteiger partial charge in [0.05, 0.1) is 11.7 Å². The van der Waals surface area contributed by atoms with Crippen molar-refractivity contribution in [3.8, 4) is 0 Å². The molecule has 0 radical (unpaired) electrons. The van der Waals surface area contributed by atoms with Crippen molar-refractivity contribution in [2.24, 2.45) is 40.4 Å². The molecule has 4 fully saturated rings. The van der Waals surface area contributed by atoms with Gasteiger partial charge in [0.25, 0.3) is 0 Å². The molecule has 0 saturated heterocycles. The maximum Gasteiger partial charge on any atom is 0.158 e.